The smallest absolute Gasteiger partial charge is 0.339 e. The van der Waals surface area contributed by atoms with Crippen LogP contribution in [0.4, 0.5) is 0 Å². The first-order valence-electron chi connectivity index (χ1n) is 18.0. The van der Waals surface area contributed by atoms with E-state index in [1.807, 2.05) is 24.3 Å². The van der Waals surface area contributed by atoms with E-state index in [-0.39, 0.29) is 32.4 Å². The highest BCUT2D eigenvalue weighted by Crippen LogP contribution is 2.46. The average molecular weight is 850 g/mol. The summed E-state index contributed by atoms with van der Waals surface area (Å²) in [7, 11) is 0. The third-order valence-corrected chi connectivity index (χ3v) is 11.7. The van der Waals surface area contributed by atoms with Crippen molar-refractivity contribution in [3.63, 3.8) is 0 Å². The summed E-state index contributed by atoms with van der Waals surface area (Å²) in [6.45, 7) is 8.85. The molecule has 0 saturated carbocycles. The Labute approximate surface area is 333 Å². The molecule has 3 fully saturated rings. The number of rotatable bonds is 4. The van der Waals surface area contributed by atoms with Gasteiger partial charge in [0.1, 0.15) is 5.60 Å². The molecule has 10 heteroatoms. The highest BCUT2D eigenvalue weighted by atomic mass is 79.9. The molecule has 9 rings (SSSR count). The number of likely N-dealkylation sites (tertiary alicyclic amines) is 2. The summed E-state index contributed by atoms with van der Waals surface area (Å²) in [5, 5.41) is 0. The molecule has 6 nitrogen and oxygen atoms in total. The van der Waals surface area contributed by atoms with Gasteiger partial charge in [-0.1, -0.05) is 105 Å². The van der Waals surface area contributed by atoms with E-state index in [2.05, 4.69) is 114 Å². The number of hydrogen-bond donors (Lipinski definition) is 0. The first kappa shape index (κ1) is 40.7. The number of halogens is 3. The van der Waals surface area contributed by atoms with Crippen LogP contribution in [-0.2, 0) is 45.1 Å². The third-order valence-electron chi connectivity index (χ3n) is 10.7. The summed E-state index contributed by atoms with van der Waals surface area (Å²) < 4.78 is 19.1. The minimum atomic E-state index is -0.416. The molecule has 4 aromatic rings. The van der Waals surface area contributed by atoms with Gasteiger partial charge in [0.05, 0.1) is 17.8 Å². The predicted molar refractivity (Wildman–Crippen MR) is 217 cm³/mol. The zero-order valence-corrected chi connectivity index (χ0v) is 33.6. The molecule has 0 bridgehead atoms. The Bertz CT molecular complexity index is 1740. The zero-order valence-electron chi connectivity index (χ0n) is 29.6. The number of nitrogens with zero attached hydrogens (tertiary/aromatic N) is 2. The van der Waals surface area contributed by atoms with E-state index in [1.165, 1.54) is 35.1 Å². The van der Waals surface area contributed by atoms with E-state index >= 15 is 0 Å². The van der Waals surface area contributed by atoms with Gasteiger partial charge in [-0.3, -0.25) is 9.80 Å². The topological polar surface area (TPSA) is 51.2 Å². The van der Waals surface area contributed by atoms with Gasteiger partial charge in [-0.05, 0) is 72.2 Å². The molecule has 0 aliphatic carbocycles. The van der Waals surface area contributed by atoms with E-state index < -0.39 is 5.60 Å². The minimum absolute atomic E-state index is 0. The van der Waals surface area contributed by atoms with Crippen LogP contribution < -0.4 is 0 Å². The van der Waals surface area contributed by atoms with Gasteiger partial charge in [0, 0.05) is 88.2 Å². The number of carbonyl (C=O) groups is 1. The Kier molecular flexibility index (Phi) is 14.6. The van der Waals surface area contributed by atoms with Crippen LogP contribution >= 0.6 is 44.3 Å². The minimum Gasteiger partial charge on any atom is -0.450 e. The Balaban J connectivity index is 0.000000171. The monoisotopic (exact) mass is 847 g/mol. The number of esters is 1. The molecule has 5 aliphatic rings. The molecule has 52 heavy (non-hydrogen) atoms. The molecule has 4 aromatic carbocycles. The van der Waals surface area contributed by atoms with Crippen LogP contribution in [0.15, 0.2) is 106 Å². The molecule has 0 aromatic heterocycles. The van der Waals surface area contributed by atoms with Crippen molar-refractivity contribution < 1.29 is 19.0 Å². The third kappa shape index (κ3) is 9.59. The summed E-state index contributed by atoms with van der Waals surface area (Å²) in [5.41, 5.74) is 6.82. The SMILES string of the molecule is Brc1ccc2c(c1)COC21CCN(Cc2ccccc2)CC1.C1CCOC1.Cl.O=C1OC2(CCN(Cc3ccccc3)CC2)c2ccc(Br)cc21.[B]. The molecule has 0 unspecified atom stereocenters. The van der Waals surface area contributed by atoms with E-state index in [9.17, 15) is 4.79 Å². The van der Waals surface area contributed by atoms with Gasteiger partial charge < -0.3 is 14.2 Å². The fourth-order valence-electron chi connectivity index (χ4n) is 7.91. The molecule has 0 atom stereocenters. The van der Waals surface area contributed by atoms with Gasteiger partial charge in [-0.25, -0.2) is 4.79 Å². The Morgan fingerprint density at radius 2 is 1.13 bits per heavy atom. The summed E-state index contributed by atoms with van der Waals surface area (Å²) in [5.74, 6) is -0.183. The lowest BCUT2D eigenvalue weighted by atomic mass is 9.83. The zero-order chi connectivity index (χ0) is 34.4. The van der Waals surface area contributed by atoms with Crippen LogP contribution in [0.2, 0.25) is 0 Å². The molecule has 0 amide bonds. The Morgan fingerprint density at radius 3 is 1.65 bits per heavy atom. The summed E-state index contributed by atoms with van der Waals surface area (Å²) in [4.78, 5) is 17.2. The van der Waals surface area contributed by atoms with Crippen LogP contribution in [0.3, 0.4) is 0 Å². The standard InChI is InChI=1S/C19H18BrNO2.C19H20BrNO.C4H8O.B.ClH/c20-15-6-7-17-16(12-15)18(22)23-19(17)8-10-21(11-9-19)13-14-4-2-1-3-5-14;20-17-6-7-18-16(12-17)14-22-19(18)8-10-21(11-9-19)13-15-4-2-1-3-5-15;1-2-4-5-3-1;;/h1-7,12H,8-11,13H2;1-7,12H,8-11,13-14H2;1-4H2;;1H. The lowest BCUT2D eigenvalue weighted by molar-refractivity contribution is -0.0799. The van der Waals surface area contributed by atoms with Crippen molar-refractivity contribution >= 4 is 58.6 Å². The second-order valence-electron chi connectivity index (χ2n) is 14.0. The van der Waals surface area contributed by atoms with E-state index in [1.54, 1.807) is 0 Å². The number of hydrogen-bond acceptors (Lipinski definition) is 6. The van der Waals surface area contributed by atoms with Crippen LogP contribution in [0.25, 0.3) is 0 Å². The summed E-state index contributed by atoms with van der Waals surface area (Å²) in [6.07, 6.45) is 6.46. The van der Waals surface area contributed by atoms with Gasteiger partial charge in [0.25, 0.3) is 0 Å². The van der Waals surface area contributed by atoms with Crippen molar-refractivity contribution in [2.75, 3.05) is 39.4 Å². The number of piperidine rings is 2. The Hall–Kier alpha value is -2.50. The number of carbonyl (C=O) groups excluding carboxylic acids is 1. The summed E-state index contributed by atoms with van der Waals surface area (Å²) >= 11 is 7.00. The van der Waals surface area contributed by atoms with Crippen LogP contribution in [-0.4, -0.2) is 63.6 Å². The first-order valence-corrected chi connectivity index (χ1v) is 19.6. The molecule has 2 spiro atoms. The Morgan fingerprint density at radius 1 is 0.635 bits per heavy atom. The van der Waals surface area contributed by atoms with Crippen molar-refractivity contribution in [1.29, 1.82) is 0 Å². The maximum absolute atomic E-state index is 12.2. The van der Waals surface area contributed by atoms with Crippen molar-refractivity contribution in [2.24, 2.45) is 0 Å². The van der Waals surface area contributed by atoms with Gasteiger partial charge in [0.2, 0.25) is 0 Å². The van der Waals surface area contributed by atoms with Crippen molar-refractivity contribution in [3.05, 3.63) is 139 Å². The fraction of sp³-hybridized carbons (Fsp3) is 0.405. The number of fused-ring (bicyclic) bond motifs is 4. The lowest BCUT2D eigenvalue weighted by Gasteiger charge is -2.39. The van der Waals surface area contributed by atoms with E-state index in [0.717, 1.165) is 105 Å². The average Bonchev–Trinajstić information content (AvgIpc) is 3.89. The summed E-state index contributed by atoms with van der Waals surface area (Å²) in [6, 6.07) is 33.8. The van der Waals surface area contributed by atoms with Crippen molar-refractivity contribution in [2.45, 2.75) is 69.4 Å². The molecular formula is C42H47BBr2ClN2O4. The van der Waals surface area contributed by atoms with E-state index in [4.69, 9.17) is 14.2 Å². The van der Waals surface area contributed by atoms with E-state index in [0.29, 0.717) is 0 Å². The maximum atomic E-state index is 12.2. The quantitative estimate of drug-likeness (QED) is 0.151. The normalized spacial score (nSPS) is 19.5. The highest BCUT2D eigenvalue weighted by Gasteiger charge is 2.47. The molecule has 5 aliphatic heterocycles. The predicted octanol–water partition coefficient (Wildman–Crippen LogP) is 9.42. The number of ether oxygens (including phenoxy) is 3. The van der Waals surface area contributed by atoms with Crippen LogP contribution in [0.1, 0.15) is 76.7 Å². The van der Waals surface area contributed by atoms with Gasteiger partial charge >= 0.3 is 5.97 Å². The van der Waals surface area contributed by atoms with Gasteiger partial charge in [-0.2, -0.15) is 0 Å². The second-order valence-corrected chi connectivity index (χ2v) is 15.8. The second kappa shape index (κ2) is 18.7. The van der Waals surface area contributed by atoms with Gasteiger partial charge in [-0.15, -0.1) is 12.4 Å². The van der Waals surface area contributed by atoms with Gasteiger partial charge in [0.15, 0.2) is 0 Å². The highest BCUT2D eigenvalue weighted by molar-refractivity contribution is 9.10. The molecule has 5 heterocycles. The van der Waals surface area contributed by atoms with Crippen molar-refractivity contribution in [3.8, 4) is 0 Å². The molecule has 0 N–H and O–H groups in total. The number of benzene rings is 4. The molecule has 3 radical (unpaired) electrons. The maximum Gasteiger partial charge on any atom is 0.339 e. The molecular weight excluding hydrogens is 803 g/mol. The molecule has 273 valence electrons. The van der Waals surface area contributed by atoms with Crippen LogP contribution in [0.5, 0.6) is 0 Å². The molecule has 3 saturated heterocycles. The van der Waals surface area contributed by atoms with Crippen LogP contribution in [0, 0.1) is 0 Å². The first-order chi connectivity index (χ1) is 24.4. The largest absolute Gasteiger partial charge is 0.450 e. The van der Waals surface area contributed by atoms with Crippen molar-refractivity contribution in [1.82, 2.24) is 9.80 Å². The fourth-order valence-corrected chi connectivity index (χ4v) is 8.68. The lowest BCUT2D eigenvalue weighted by Crippen LogP contribution is -2.42.